The summed E-state index contributed by atoms with van der Waals surface area (Å²) in [5.41, 5.74) is 3.92. The van der Waals surface area contributed by atoms with Crippen LogP contribution in [0.5, 0.6) is 5.75 Å². The SMILES string of the molecule is CCC(NC(=O)c1nc(CC2CCN(c3ccc(-c4ccc(CO)cc4)c(Cl)c3)CC2)nc(C)c1O)C(=O)O. The van der Waals surface area contributed by atoms with E-state index in [-0.39, 0.29) is 30.2 Å². The Kier molecular flexibility index (Phi) is 9.04. The molecule has 1 aliphatic rings. The van der Waals surface area contributed by atoms with Gasteiger partial charge < -0.3 is 25.5 Å². The van der Waals surface area contributed by atoms with Crippen LogP contribution in [0.15, 0.2) is 42.5 Å². The molecule has 1 fully saturated rings. The number of aromatic hydroxyl groups is 1. The Balaban J connectivity index is 1.40. The molecule has 1 aliphatic heterocycles. The summed E-state index contributed by atoms with van der Waals surface area (Å²) in [7, 11) is 0. The van der Waals surface area contributed by atoms with Crippen LogP contribution in [0.2, 0.25) is 5.02 Å². The van der Waals surface area contributed by atoms with Crippen LogP contribution in [-0.2, 0) is 17.8 Å². The molecule has 0 saturated carbocycles. The molecular weight excluding hydrogens is 520 g/mol. The summed E-state index contributed by atoms with van der Waals surface area (Å²) in [5.74, 6) is -1.46. The number of aliphatic hydroxyl groups is 1. The molecule has 4 N–H and O–H groups in total. The third-order valence-electron chi connectivity index (χ3n) is 7.18. The number of carbonyl (C=O) groups is 2. The van der Waals surface area contributed by atoms with Gasteiger partial charge in [-0.1, -0.05) is 48.9 Å². The monoisotopic (exact) mass is 552 g/mol. The number of carboxylic acid groups (broad SMARTS) is 1. The van der Waals surface area contributed by atoms with Crippen LogP contribution >= 0.6 is 11.6 Å². The lowest BCUT2D eigenvalue weighted by atomic mass is 9.92. The van der Waals surface area contributed by atoms with Crippen molar-refractivity contribution in [1.82, 2.24) is 15.3 Å². The number of nitrogens with one attached hydrogen (secondary N) is 1. The first kappa shape index (κ1) is 28.3. The fourth-order valence-electron chi connectivity index (χ4n) is 4.82. The summed E-state index contributed by atoms with van der Waals surface area (Å²) < 4.78 is 0. The fourth-order valence-corrected chi connectivity index (χ4v) is 5.10. The van der Waals surface area contributed by atoms with E-state index in [1.165, 1.54) is 0 Å². The number of aromatic nitrogens is 2. The minimum Gasteiger partial charge on any atom is -0.504 e. The molecule has 1 aromatic heterocycles. The van der Waals surface area contributed by atoms with Crippen molar-refractivity contribution in [3.05, 3.63) is 70.3 Å². The molecule has 2 aromatic carbocycles. The van der Waals surface area contributed by atoms with Crippen molar-refractivity contribution in [2.75, 3.05) is 18.0 Å². The third kappa shape index (κ3) is 6.66. The van der Waals surface area contributed by atoms with E-state index >= 15 is 0 Å². The molecule has 10 heteroatoms. The zero-order valence-corrected chi connectivity index (χ0v) is 22.8. The molecule has 1 unspecified atom stereocenters. The molecule has 206 valence electrons. The van der Waals surface area contributed by atoms with Crippen LogP contribution in [-0.4, -0.2) is 56.3 Å². The topological polar surface area (TPSA) is 136 Å². The van der Waals surface area contributed by atoms with Crippen LogP contribution in [0, 0.1) is 12.8 Å². The van der Waals surface area contributed by atoms with E-state index in [0.29, 0.717) is 23.2 Å². The summed E-state index contributed by atoms with van der Waals surface area (Å²) in [6.45, 7) is 4.91. The Morgan fingerprint density at radius 3 is 2.41 bits per heavy atom. The van der Waals surface area contributed by atoms with Crippen molar-refractivity contribution in [2.45, 2.75) is 52.2 Å². The first-order chi connectivity index (χ1) is 18.7. The van der Waals surface area contributed by atoms with Gasteiger partial charge in [0.05, 0.1) is 17.3 Å². The molecule has 0 spiro atoms. The summed E-state index contributed by atoms with van der Waals surface area (Å²) in [4.78, 5) is 34.9. The van der Waals surface area contributed by atoms with E-state index in [2.05, 4.69) is 26.3 Å². The van der Waals surface area contributed by atoms with Crippen LogP contribution in [0.25, 0.3) is 11.1 Å². The second kappa shape index (κ2) is 12.4. The van der Waals surface area contributed by atoms with Gasteiger partial charge in [-0.05, 0) is 55.4 Å². The number of aliphatic carboxylic acids is 1. The van der Waals surface area contributed by atoms with Crippen molar-refractivity contribution in [3.63, 3.8) is 0 Å². The summed E-state index contributed by atoms with van der Waals surface area (Å²) >= 11 is 6.64. The number of aliphatic hydroxyl groups excluding tert-OH is 1. The van der Waals surface area contributed by atoms with Gasteiger partial charge in [0.1, 0.15) is 11.9 Å². The molecule has 4 rings (SSSR count). The number of carboxylic acids is 1. The van der Waals surface area contributed by atoms with E-state index in [4.69, 9.17) is 11.6 Å². The van der Waals surface area contributed by atoms with Crippen LogP contribution in [0.1, 0.15) is 53.8 Å². The standard InChI is InChI=1S/C29H33ClN4O5/c1-3-24(29(38)39)32-28(37)26-27(36)17(2)31-25(33-26)14-18-10-12-34(13-11-18)21-8-9-22(23(30)15-21)20-6-4-19(16-35)5-7-20/h4-9,15,18,24,35-36H,3,10-14,16H2,1-2H3,(H,32,37)(H,38,39). The molecule has 3 aromatic rings. The van der Waals surface area contributed by atoms with E-state index in [1.807, 2.05) is 36.4 Å². The van der Waals surface area contributed by atoms with Crippen LogP contribution < -0.4 is 10.2 Å². The van der Waals surface area contributed by atoms with Gasteiger partial charge in [0.2, 0.25) is 0 Å². The predicted octanol–water partition coefficient (Wildman–Crippen LogP) is 4.36. The zero-order valence-electron chi connectivity index (χ0n) is 22.0. The van der Waals surface area contributed by atoms with Gasteiger partial charge in [-0.25, -0.2) is 14.8 Å². The Labute approximate surface area is 232 Å². The van der Waals surface area contributed by atoms with Crippen molar-refractivity contribution in [2.24, 2.45) is 5.92 Å². The number of carbonyl (C=O) groups excluding carboxylic acids is 1. The maximum atomic E-state index is 12.7. The molecule has 0 bridgehead atoms. The lowest BCUT2D eigenvalue weighted by Crippen LogP contribution is -2.40. The Bertz CT molecular complexity index is 1340. The summed E-state index contributed by atoms with van der Waals surface area (Å²) in [6.07, 6.45) is 2.55. The van der Waals surface area contributed by atoms with E-state index < -0.39 is 17.9 Å². The highest BCUT2D eigenvalue weighted by atomic mass is 35.5. The van der Waals surface area contributed by atoms with Gasteiger partial charge in [0, 0.05) is 30.8 Å². The highest BCUT2D eigenvalue weighted by Crippen LogP contribution is 2.34. The number of aryl methyl sites for hydroxylation is 1. The molecule has 1 amide bonds. The largest absolute Gasteiger partial charge is 0.504 e. The number of amides is 1. The lowest BCUT2D eigenvalue weighted by molar-refractivity contribution is -0.139. The quantitative estimate of drug-likeness (QED) is 0.307. The fraction of sp³-hybridized carbons (Fsp3) is 0.379. The molecule has 0 radical (unpaired) electrons. The van der Waals surface area contributed by atoms with E-state index in [0.717, 1.165) is 48.3 Å². The third-order valence-corrected chi connectivity index (χ3v) is 7.50. The van der Waals surface area contributed by atoms with Crippen LogP contribution in [0.3, 0.4) is 0 Å². The van der Waals surface area contributed by atoms with Gasteiger partial charge in [-0.2, -0.15) is 0 Å². The van der Waals surface area contributed by atoms with E-state index in [9.17, 15) is 24.9 Å². The van der Waals surface area contributed by atoms with Gasteiger partial charge in [-0.15, -0.1) is 0 Å². The highest BCUT2D eigenvalue weighted by molar-refractivity contribution is 6.33. The van der Waals surface area contributed by atoms with Gasteiger partial charge >= 0.3 is 5.97 Å². The van der Waals surface area contributed by atoms with Crippen molar-refractivity contribution >= 4 is 29.2 Å². The molecule has 0 aliphatic carbocycles. The average molecular weight is 553 g/mol. The normalized spacial score (nSPS) is 14.7. The molecule has 9 nitrogen and oxygen atoms in total. The second-order valence-electron chi connectivity index (χ2n) is 9.85. The molecular formula is C29H33ClN4O5. The Hall–Kier alpha value is -3.69. The number of halogens is 1. The number of nitrogens with zero attached hydrogens (tertiary/aromatic N) is 3. The van der Waals surface area contributed by atoms with Gasteiger partial charge in [0.25, 0.3) is 5.91 Å². The number of rotatable bonds is 9. The number of benzene rings is 2. The smallest absolute Gasteiger partial charge is 0.326 e. The minimum absolute atomic E-state index is 0.00401. The van der Waals surface area contributed by atoms with Gasteiger partial charge in [-0.3, -0.25) is 4.79 Å². The van der Waals surface area contributed by atoms with Crippen LogP contribution in [0.4, 0.5) is 5.69 Å². The number of anilines is 1. The molecule has 2 heterocycles. The molecule has 39 heavy (non-hydrogen) atoms. The number of hydrogen-bond acceptors (Lipinski definition) is 7. The van der Waals surface area contributed by atoms with Gasteiger partial charge in [0.15, 0.2) is 11.4 Å². The Morgan fingerprint density at radius 1 is 1.13 bits per heavy atom. The maximum Gasteiger partial charge on any atom is 0.326 e. The van der Waals surface area contributed by atoms with E-state index in [1.54, 1.807) is 13.8 Å². The summed E-state index contributed by atoms with van der Waals surface area (Å²) in [5, 5.41) is 31.9. The first-order valence-electron chi connectivity index (χ1n) is 13.0. The second-order valence-corrected chi connectivity index (χ2v) is 10.3. The van der Waals surface area contributed by atoms with Crippen molar-refractivity contribution < 1.29 is 24.9 Å². The van der Waals surface area contributed by atoms with Crippen molar-refractivity contribution in [3.8, 4) is 16.9 Å². The molecule has 1 atom stereocenters. The molecule has 1 saturated heterocycles. The summed E-state index contributed by atoms with van der Waals surface area (Å²) in [6, 6.07) is 12.7. The number of piperidine rings is 1. The maximum absolute atomic E-state index is 12.7. The predicted molar refractivity (Wildman–Crippen MR) is 149 cm³/mol. The number of hydrogen-bond donors (Lipinski definition) is 4. The van der Waals surface area contributed by atoms with Crippen molar-refractivity contribution in [1.29, 1.82) is 0 Å². The lowest BCUT2D eigenvalue weighted by Gasteiger charge is -2.33. The first-order valence-corrected chi connectivity index (χ1v) is 13.4. The minimum atomic E-state index is -1.14. The Morgan fingerprint density at radius 2 is 1.82 bits per heavy atom. The zero-order chi connectivity index (χ0) is 28.1. The average Bonchev–Trinajstić information content (AvgIpc) is 2.93. The highest BCUT2D eigenvalue weighted by Gasteiger charge is 2.26.